The fourth-order valence-electron chi connectivity index (χ4n) is 8.81. The van der Waals surface area contributed by atoms with Gasteiger partial charge in [-0.1, -0.05) is 50.5 Å². The first-order chi connectivity index (χ1) is 13.2. The van der Waals surface area contributed by atoms with E-state index >= 15 is 0 Å². The molecule has 0 bridgehead atoms. The summed E-state index contributed by atoms with van der Waals surface area (Å²) in [4.78, 5) is 0. The maximum atomic E-state index is 11.4. The van der Waals surface area contributed by atoms with Crippen LogP contribution in [0.1, 0.15) is 98.8 Å². The Morgan fingerprint density at radius 3 is 2.39 bits per heavy atom. The van der Waals surface area contributed by atoms with Gasteiger partial charge in [0.2, 0.25) is 0 Å². The summed E-state index contributed by atoms with van der Waals surface area (Å²) >= 11 is 0. The molecule has 0 aromatic rings. The van der Waals surface area contributed by atoms with Gasteiger partial charge in [-0.05, 0) is 113 Å². The highest BCUT2D eigenvalue weighted by Crippen LogP contribution is 2.68. The molecule has 8 atom stereocenters. The molecule has 0 aromatic heterocycles. The zero-order valence-electron chi connectivity index (χ0n) is 19.1. The van der Waals surface area contributed by atoms with Crippen LogP contribution in [-0.4, -0.2) is 10.7 Å². The molecule has 1 nitrogen and oxygen atoms in total. The van der Waals surface area contributed by atoms with Crippen LogP contribution < -0.4 is 0 Å². The summed E-state index contributed by atoms with van der Waals surface area (Å²) < 4.78 is 0. The SMILES string of the molecule is CC(C)=CC=C[C@](C)(O)[C@H]1CC[C@H]2[C@@H]3CCC4CCCC[C@]4(C)[C@H]3CC[C@@]21C. The van der Waals surface area contributed by atoms with Crippen LogP contribution in [0.4, 0.5) is 0 Å². The fourth-order valence-corrected chi connectivity index (χ4v) is 8.81. The number of allylic oxidation sites excluding steroid dienone is 3. The van der Waals surface area contributed by atoms with Crippen molar-refractivity contribution >= 4 is 0 Å². The molecule has 4 aliphatic carbocycles. The summed E-state index contributed by atoms with van der Waals surface area (Å²) in [6.07, 6.45) is 20.5. The molecule has 0 amide bonds. The molecule has 1 N–H and O–H groups in total. The average Bonchev–Trinajstić information content (AvgIpc) is 2.99. The topological polar surface area (TPSA) is 20.2 Å². The smallest absolute Gasteiger partial charge is 0.0836 e. The van der Waals surface area contributed by atoms with E-state index in [2.05, 4.69) is 52.8 Å². The van der Waals surface area contributed by atoms with E-state index in [0.717, 1.165) is 23.7 Å². The molecule has 4 saturated carbocycles. The number of aliphatic hydroxyl groups is 1. The first kappa shape index (κ1) is 20.7. The van der Waals surface area contributed by atoms with Crippen LogP contribution in [0.2, 0.25) is 0 Å². The van der Waals surface area contributed by atoms with Gasteiger partial charge in [-0.3, -0.25) is 0 Å². The Kier molecular flexibility index (Phi) is 5.39. The van der Waals surface area contributed by atoms with E-state index in [-0.39, 0.29) is 0 Å². The van der Waals surface area contributed by atoms with Crippen molar-refractivity contribution in [2.45, 2.75) is 104 Å². The fraction of sp³-hybridized carbons (Fsp3) is 0.852. The number of fused-ring (bicyclic) bond motifs is 5. The van der Waals surface area contributed by atoms with E-state index in [1.54, 1.807) is 0 Å². The molecule has 0 aromatic carbocycles. The van der Waals surface area contributed by atoms with Crippen molar-refractivity contribution in [3.63, 3.8) is 0 Å². The maximum absolute atomic E-state index is 11.4. The first-order valence-corrected chi connectivity index (χ1v) is 12.2. The molecule has 0 aliphatic heterocycles. The third-order valence-corrected chi connectivity index (χ3v) is 10.2. The Balaban J connectivity index is 1.57. The second kappa shape index (κ2) is 7.29. The van der Waals surface area contributed by atoms with Crippen LogP contribution in [-0.2, 0) is 0 Å². The molecule has 0 spiro atoms. The molecular formula is C27H44O. The third-order valence-electron chi connectivity index (χ3n) is 10.2. The van der Waals surface area contributed by atoms with E-state index in [1.807, 2.05) is 0 Å². The van der Waals surface area contributed by atoms with Gasteiger partial charge in [-0.15, -0.1) is 0 Å². The lowest BCUT2D eigenvalue weighted by atomic mass is 9.44. The number of hydrogen-bond donors (Lipinski definition) is 1. The first-order valence-electron chi connectivity index (χ1n) is 12.2. The van der Waals surface area contributed by atoms with Gasteiger partial charge in [0.1, 0.15) is 0 Å². The molecule has 1 unspecified atom stereocenters. The van der Waals surface area contributed by atoms with Crippen molar-refractivity contribution in [3.05, 3.63) is 23.8 Å². The summed E-state index contributed by atoms with van der Waals surface area (Å²) in [5.41, 5.74) is 1.54. The minimum Gasteiger partial charge on any atom is -0.386 e. The van der Waals surface area contributed by atoms with Crippen molar-refractivity contribution < 1.29 is 5.11 Å². The lowest BCUT2D eigenvalue weighted by Crippen LogP contribution is -2.54. The third kappa shape index (κ3) is 3.24. The minimum atomic E-state index is -0.686. The second-order valence-corrected chi connectivity index (χ2v) is 11.9. The highest BCUT2D eigenvalue weighted by molar-refractivity contribution is 5.18. The Morgan fingerprint density at radius 1 is 0.893 bits per heavy atom. The van der Waals surface area contributed by atoms with Crippen molar-refractivity contribution in [2.75, 3.05) is 0 Å². The molecule has 1 heteroatoms. The molecule has 28 heavy (non-hydrogen) atoms. The second-order valence-electron chi connectivity index (χ2n) is 11.9. The molecule has 4 rings (SSSR count). The Hall–Kier alpha value is -0.560. The van der Waals surface area contributed by atoms with E-state index in [1.165, 1.54) is 69.8 Å². The Bertz CT molecular complexity index is 639. The quantitative estimate of drug-likeness (QED) is 0.506. The minimum absolute atomic E-state index is 0.317. The average molecular weight is 385 g/mol. The number of hydrogen-bond acceptors (Lipinski definition) is 1. The predicted molar refractivity (Wildman–Crippen MR) is 119 cm³/mol. The molecule has 4 aliphatic rings. The summed E-state index contributed by atoms with van der Waals surface area (Å²) in [6.45, 7) is 11.5. The van der Waals surface area contributed by atoms with Gasteiger partial charge in [-0.25, -0.2) is 0 Å². The molecule has 0 saturated heterocycles. The lowest BCUT2D eigenvalue weighted by molar-refractivity contribution is -0.126. The maximum Gasteiger partial charge on any atom is 0.0836 e. The zero-order chi connectivity index (χ0) is 20.2. The van der Waals surface area contributed by atoms with Crippen molar-refractivity contribution in [2.24, 2.45) is 40.4 Å². The summed E-state index contributed by atoms with van der Waals surface area (Å²) in [6, 6.07) is 0. The predicted octanol–water partition coefficient (Wildman–Crippen LogP) is 7.31. The van der Waals surface area contributed by atoms with Crippen molar-refractivity contribution in [1.82, 2.24) is 0 Å². The van der Waals surface area contributed by atoms with Gasteiger partial charge in [0.05, 0.1) is 5.60 Å². The van der Waals surface area contributed by atoms with Gasteiger partial charge in [0, 0.05) is 0 Å². The standard InChI is InChI=1S/C27H44O/c1-19(2)9-8-17-27(5,28)24-14-13-22-21-12-11-20-10-6-7-16-25(20,3)23(21)15-18-26(22,24)4/h8-9,17,20-24,28H,6-7,10-16,18H2,1-5H3/t20?,21-,22-,23-,24-,25-,26-,27-/m0/s1. The van der Waals surface area contributed by atoms with Crippen LogP contribution in [0.5, 0.6) is 0 Å². The van der Waals surface area contributed by atoms with E-state index in [9.17, 15) is 5.11 Å². The van der Waals surface area contributed by atoms with E-state index in [0.29, 0.717) is 16.7 Å². The molecule has 0 heterocycles. The van der Waals surface area contributed by atoms with Crippen molar-refractivity contribution in [1.29, 1.82) is 0 Å². The largest absolute Gasteiger partial charge is 0.386 e. The highest BCUT2D eigenvalue weighted by atomic mass is 16.3. The van der Waals surface area contributed by atoms with Crippen LogP contribution in [0.3, 0.4) is 0 Å². The normalized spacial score (nSPS) is 47.7. The van der Waals surface area contributed by atoms with Gasteiger partial charge < -0.3 is 5.11 Å². The molecular weight excluding hydrogens is 340 g/mol. The number of rotatable bonds is 3. The Morgan fingerprint density at radius 2 is 1.64 bits per heavy atom. The van der Waals surface area contributed by atoms with Gasteiger partial charge >= 0.3 is 0 Å². The monoisotopic (exact) mass is 384 g/mol. The summed E-state index contributed by atoms with van der Waals surface area (Å²) in [5, 5.41) is 11.4. The molecule has 0 radical (unpaired) electrons. The summed E-state index contributed by atoms with van der Waals surface area (Å²) in [7, 11) is 0. The summed E-state index contributed by atoms with van der Waals surface area (Å²) in [5.74, 6) is 4.11. The van der Waals surface area contributed by atoms with Crippen LogP contribution in [0.25, 0.3) is 0 Å². The van der Waals surface area contributed by atoms with E-state index in [4.69, 9.17) is 0 Å². The van der Waals surface area contributed by atoms with Gasteiger partial charge in [0.15, 0.2) is 0 Å². The molecule has 4 fully saturated rings. The highest BCUT2D eigenvalue weighted by Gasteiger charge is 2.61. The lowest BCUT2D eigenvalue weighted by Gasteiger charge is -2.61. The Labute approximate surface area is 174 Å². The van der Waals surface area contributed by atoms with E-state index < -0.39 is 5.60 Å². The van der Waals surface area contributed by atoms with Crippen LogP contribution in [0, 0.1) is 40.4 Å². The van der Waals surface area contributed by atoms with Gasteiger partial charge in [0.25, 0.3) is 0 Å². The van der Waals surface area contributed by atoms with Gasteiger partial charge in [-0.2, -0.15) is 0 Å². The zero-order valence-corrected chi connectivity index (χ0v) is 19.1. The van der Waals surface area contributed by atoms with Crippen LogP contribution in [0.15, 0.2) is 23.8 Å². The molecule has 158 valence electrons. The van der Waals surface area contributed by atoms with Crippen LogP contribution >= 0.6 is 0 Å². The van der Waals surface area contributed by atoms with Crippen molar-refractivity contribution in [3.8, 4) is 0 Å².